The van der Waals surface area contributed by atoms with Gasteiger partial charge in [0.15, 0.2) is 5.78 Å². The average molecular weight is 278 g/mol. The molecule has 0 radical (unpaired) electrons. The minimum absolute atomic E-state index is 0. The summed E-state index contributed by atoms with van der Waals surface area (Å²) in [6.07, 6.45) is 0. The monoisotopic (exact) mass is 277 g/mol. The Morgan fingerprint density at radius 1 is 1.28 bits per heavy atom. The first-order chi connectivity index (χ1) is 8.00. The van der Waals surface area contributed by atoms with Crippen LogP contribution in [-0.4, -0.2) is 32.9 Å². The van der Waals surface area contributed by atoms with E-state index in [1.54, 1.807) is 38.2 Å². The molecule has 0 saturated heterocycles. The number of halogens is 1. The molecular weight excluding hydrogens is 267 g/mol. The Balaban J connectivity index is 0.00000162. The molecule has 2 aromatic rings. The van der Waals surface area contributed by atoms with E-state index in [1.807, 2.05) is 0 Å². The molecule has 0 spiro atoms. The van der Waals surface area contributed by atoms with E-state index in [1.165, 1.54) is 4.68 Å². The summed E-state index contributed by atoms with van der Waals surface area (Å²) >= 11 is 5.75. The van der Waals surface area contributed by atoms with E-state index >= 15 is 0 Å². The molecule has 0 aliphatic rings. The number of aryl methyl sites for hydroxylation is 2. The van der Waals surface area contributed by atoms with Gasteiger partial charge in [0.1, 0.15) is 5.56 Å². The van der Waals surface area contributed by atoms with Gasteiger partial charge in [-0.05, 0) is 31.2 Å². The molecule has 2 rings (SSSR count). The van der Waals surface area contributed by atoms with Gasteiger partial charge in [0.2, 0.25) is 0 Å². The van der Waals surface area contributed by atoms with Crippen molar-refractivity contribution in [1.82, 2.24) is 9.78 Å². The molecule has 0 aliphatic carbocycles. The van der Waals surface area contributed by atoms with Crippen LogP contribution in [0.1, 0.15) is 21.6 Å². The van der Waals surface area contributed by atoms with Gasteiger partial charge in [0.25, 0.3) is 5.56 Å². The molecule has 18 heavy (non-hydrogen) atoms. The Bertz CT molecular complexity index is 629. The number of hydrogen-bond acceptors (Lipinski definition) is 2. The van der Waals surface area contributed by atoms with E-state index in [4.69, 9.17) is 11.6 Å². The molecule has 6 heteroatoms. The second kappa shape index (κ2) is 5.58. The molecule has 4 nitrogen and oxygen atoms in total. The normalized spacial score (nSPS) is 9.94. The predicted octanol–water partition coefficient (Wildman–Crippen LogP) is 1.53. The number of nitrogens with one attached hydrogen (secondary N) is 1. The van der Waals surface area contributed by atoms with Crippen molar-refractivity contribution in [2.45, 2.75) is 6.92 Å². The van der Waals surface area contributed by atoms with Crippen LogP contribution in [0.5, 0.6) is 0 Å². The van der Waals surface area contributed by atoms with E-state index in [9.17, 15) is 9.59 Å². The first kappa shape index (κ1) is 14.8. The number of aromatic amines is 1. The van der Waals surface area contributed by atoms with Gasteiger partial charge >= 0.3 is 17.4 Å². The molecule has 0 amide bonds. The molecule has 0 unspecified atom stereocenters. The van der Waals surface area contributed by atoms with E-state index in [0.717, 1.165) is 0 Å². The van der Waals surface area contributed by atoms with Gasteiger partial charge in [-0.1, -0.05) is 11.6 Å². The van der Waals surface area contributed by atoms with Crippen LogP contribution in [-0.2, 0) is 7.05 Å². The minimum Gasteiger partial charge on any atom is -0.299 e. The molecule has 88 valence electrons. The standard InChI is InChI=1S/C12H11ClN2O2.Al/c1-7-10(12(17)15(2)14-7)11(16)8-3-5-9(13)6-4-8;/h3-6,14H,1-2H3;/q;+3. The van der Waals surface area contributed by atoms with Crippen LogP contribution >= 0.6 is 11.6 Å². The number of carbonyl (C=O) groups is 1. The maximum Gasteiger partial charge on any atom is 3.00 e. The first-order valence-corrected chi connectivity index (χ1v) is 5.44. The first-order valence-electron chi connectivity index (χ1n) is 5.06. The second-order valence-corrected chi connectivity index (χ2v) is 4.25. The van der Waals surface area contributed by atoms with Crippen LogP contribution in [0.15, 0.2) is 29.1 Å². The van der Waals surface area contributed by atoms with Crippen molar-refractivity contribution >= 4 is 34.7 Å². The number of nitrogens with zero attached hydrogens (tertiary/aromatic N) is 1. The summed E-state index contributed by atoms with van der Waals surface area (Å²) in [6.45, 7) is 1.70. The molecule has 0 aliphatic heterocycles. The van der Waals surface area contributed by atoms with Crippen molar-refractivity contribution in [1.29, 1.82) is 0 Å². The number of ketones is 1. The Kier molecular flexibility index (Phi) is 4.58. The van der Waals surface area contributed by atoms with E-state index < -0.39 is 0 Å². The average Bonchev–Trinajstić information content (AvgIpc) is 2.53. The van der Waals surface area contributed by atoms with Crippen LogP contribution in [0.2, 0.25) is 5.02 Å². The van der Waals surface area contributed by atoms with Crippen LogP contribution in [0.3, 0.4) is 0 Å². The smallest absolute Gasteiger partial charge is 0.299 e. The zero-order chi connectivity index (χ0) is 12.6. The number of carbonyl (C=O) groups excluding carboxylic acids is 1. The van der Waals surface area contributed by atoms with Crippen molar-refractivity contribution in [2.75, 3.05) is 0 Å². The molecule has 0 saturated carbocycles. The van der Waals surface area contributed by atoms with Crippen molar-refractivity contribution < 1.29 is 4.79 Å². The summed E-state index contributed by atoms with van der Waals surface area (Å²) in [4.78, 5) is 23.9. The van der Waals surface area contributed by atoms with Gasteiger partial charge in [0, 0.05) is 23.3 Å². The minimum atomic E-state index is -0.317. The fourth-order valence-electron chi connectivity index (χ4n) is 1.70. The topological polar surface area (TPSA) is 54.9 Å². The molecular formula is C12H11AlClN2O2+3. The van der Waals surface area contributed by atoms with Crippen molar-refractivity contribution in [2.24, 2.45) is 7.05 Å². The van der Waals surface area contributed by atoms with Gasteiger partial charge in [-0.2, -0.15) is 0 Å². The Labute approximate surface area is 120 Å². The van der Waals surface area contributed by atoms with E-state index in [2.05, 4.69) is 5.10 Å². The Morgan fingerprint density at radius 3 is 2.28 bits per heavy atom. The third kappa shape index (κ3) is 2.59. The second-order valence-electron chi connectivity index (χ2n) is 3.81. The van der Waals surface area contributed by atoms with Gasteiger partial charge < -0.3 is 0 Å². The van der Waals surface area contributed by atoms with Crippen molar-refractivity contribution in [3.05, 3.63) is 56.5 Å². The number of benzene rings is 1. The van der Waals surface area contributed by atoms with Gasteiger partial charge in [0.05, 0.1) is 0 Å². The van der Waals surface area contributed by atoms with E-state index in [-0.39, 0.29) is 34.3 Å². The summed E-state index contributed by atoms with van der Waals surface area (Å²) in [5.74, 6) is -0.291. The van der Waals surface area contributed by atoms with Gasteiger partial charge in [-0.3, -0.25) is 19.4 Å². The zero-order valence-corrected chi connectivity index (χ0v) is 11.9. The maximum absolute atomic E-state index is 12.1. The summed E-state index contributed by atoms with van der Waals surface area (Å²) in [7, 11) is 1.58. The molecule has 0 atom stereocenters. The fraction of sp³-hybridized carbons (Fsp3) is 0.167. The maximum atomic E-state index is 12.1. The SMILES string of the molecule is Cc1[nH]n(C)c(=O)c1C(=O)c1ccc(Cl)cc1.[Al+3]. The van der Waals surface area contributed by atoms with Crippen LogP contribution in [0.25, 0.3) is 0 Å². The third-order valence-corrected chi connectivity index (χ3v) is 2.81. The quantitative estimate of drug-likeness (QED) is 0.668. The summed E-state index contributed by atoms with van der Waals surface area (Å²) < 4.78 is 1.29. The molecule has 0 bridgehead atoms. The largest absolute Gasteiger partial charge is 3.00 e. The molecule has 1 N–H and O–H groups in total. The van der Waals surface area contributed by atoms with Crippen LogP contribution in [0, 0.1) is 6.92 Å². The Hall–Kier alpha value is -1.28. The van der Waals surface area contributed by atoms with E-state index in [0.29, 0.717) is 16.3 Å². The number of H-pyrrole nitrogens is 1. The van der Waals surface area contributed by atoms with Crippen LogP contribution < -0.4 is 5.56 Å². The van der Waals surface area contributed by atoms with Gasteiger partial charge in [-0.15, -0.1) is 0 Å². The number of hydrogen-bond donors (Lipinski definition) is 1. The fourth-order valence-corrected chi connectivity index (χ4v) is 1.83. The third-order valence-electron chi connectivity index (χ3n) is 2.56. The summed E-state index contributed by atoms with van der Waals surface area (Å²) in [5.41, 5.74) is 0.879. The number of aromatic nitrogens is 2. The zero-order valence-electron chi connectivity index (χ0n) is 10.0. The Morgan fingerprint density at radius 2 is 1.83 bits per heavy atom. The van der Waals surface area contributed by atoms with Crippen molar-refractivity contribution in [3.63, 3.8) is 0 Å². The van der Waals surface area contributed by atoms with Crippen molar-refractivity contribution in [3.8, 4) is 0 Å². The van der Waals surface area contributed by atoms with Gasteiger partial charge in [-0.25, -0.2) is 0 Å². The molecule has 1 aromatic heterocycles. The summed E-state index contributed by atoms with van der Waals surface area (Å²) in [5, 5.41) is 3.35. The molecule has 1 aromatic carbocycles. The molecule has 0 fully saturated rings. The molecule has 1 heterocycles. The summed E-state index contributed by atoms with van der Waals surface area (Å²) in [6, 6.07) is 6.47. The van der Waals surface area contributed by atoms with Crippen LogP contribution in [0.4, 0.5) is 0 Å². The number of rotatable bonds is 2. The predicted molar refractivity (Wildman–Crippen MR) is 71.4 cm³/mol.